The van der Waals surface area contributed by atoms with Gasteiger partial charge in [0.15, 0.2) is 5.78 Å². The first-order chi connectivity index (χ1) is 10.9. The maximum Gasteiger partial charge on any atom is 0.349 e. The molecule has 1 amide bonds. The van der Waals surface area contributed by atoms with Gasteiger partial charge < -0.3 is 5.11 Å². The van der Waals surface area contributed by atoms with E-state index < -0.39 is 11.5 Å². The Morgan fingerprint density at radius 3 is 2.70 bits per heavy atom. The van der Waals surface area contributed by atoms with Gasteiger partial charge in [-0.25, -0.2) is 4.79 Å². The summed E-state index contributed by atoms with van der Waals surface area (Å²) in [5.41, 5.74) is -0.420. The maximum absolute atomic E-state index is 12.1. The van der Waals surface area contributed by atoms with E-state index >= 15 is 0 Å². The van der Waals surface area contributed by atoms with Crippen molar-refractivity contribution in [1.29, 1.82) is 0 Å². The molecule has 2 aromatic rings. The summed E-state index contributed by atoms with van der Waals surface area (Å²) < 4.78 is 0.773. The topological polar surface area (TPSA) is 108 Å². The lowest BCUT2D eigenvalue weighted by Gasteiger charge is -2.10. The third kappa shape index (κ3) is 4.21. The average Bonchev–Trinajstić information content (AvgIpc) is 2.83. The highest BCUT2D eigenvalue weighted by atomic mass is 35.5. The summed E-state index contributed by atoms with van der Waals surface area (Å²) in [5, 5.41) is 13.3. The molecule has 0 atom stereocenters. The molecule has 1 aromatic heterocycles. The second-order valence-electron chi connectivity index (χ2n) is 4.35. The second kappa shape index (κ2) is 7.12. The molecule has 2 rings (SSSR count). The number of aromatic nitrogens is 2. The molecule has 0 saturated heterocycles. The monoisotopic (exact) mass is 356 g/mol. The fourth-order valence-electron chi connectivity index (χ4n) is 1.61. The van der Waals surface area contributed by atoms with Crippen LogP contribution in [0.4, 0.5) is 0 Å². The lowest BCUT2D eigenvalue weighted by atomic mass is 10.1. The van der Waals surface area contributed by atoms with E-state index in [1.54, 1.807) is 0 Å². The van der Waals surface area contributed by atoms with Gasteiger partial charge in [-0.1, -0.05) is 23.2 Å². The summed E-state index contributed by atoms with van der Waals surface area (Å²) in [4.78, 5) is 37.4. The van der Waals surface area contributed by atoms with Crippen molar-refractivity contribution >= 4 is 41.7 Å². The number of aromatic hydroxyl groups is 1. The molecule has 0 aliphatic carbocycles. The Bertz CT molecular complexity index is 828. The van der Waals surface area contributed by atoms with Crippen molar-refractivity contribution in [1.82, 2.24) is 14.6 Å². The number of rotatable bonds is 6. The van der Waals surface area contributed by atoms with Gasteiger partial charge in [-0.05, 0) is 18.2 Å². The van der Waals surface area contributed by atoms with Crippen LogP contribution in [0.5, 0.6) is 5.88 Å². The highest BCUT2D eigenvalue weighted by molar-refractivity contribution is 6.42. The number of aromatic amines is 1. The molecule has 0 spiro atoms. The minimum absolute atomic E-state index is 0.221. The Morgan fingerprint density at radius 1 is 1.39 bits per heavy atom. The van der Waals surface area contributed by atoms with Crippen molar-refractivity contribution in [2.24, 2.45) is 5.10 Å². The number of Topliss-reactive ketones (excluding diaryl/α,β-unsaturated/α-hetero) is 1. The Morgan fingerprint density at radius 2 is 2.13 bits per heavy atom. The van der Waals surface area contributed by atoms with E-state index in [1.807, 2.05) is 0 Å². The SMILES string of the molecule is O=CN(C=Nn1cc(O)[nH]c1=O)CC(=O)c1ccc(Cl)c(Cl)c1. The van der Waals surface area contributed by atoms with E-state index in [-0.39, 0.29) is 23.0 Å². The zero-order valence-corrected chi connectivity index (χ0v) is 13.0. The van der Waals surface area contributed by atoms with Crippen molar-refractivity contribution in [2.75, 3.05) is 6.54 Å². The largest absolute Gasteiger partial charge is 0.493 e. The molecule has 0 radical (unpaired) electrons. The van der Waals surface area contributed by atoms with Crippen molar-refractivity contribution in [3.63, 3.8) is 0 Å². The van der Waals surface area contributed by atoms with Crippen LogP contribution in [0.15, 0.2) is 34.3 Å². The van der Waals surface area contributed by atoms with Crippen LogP contribution >= 0.6 is 23.2 Å². The normalized spacial score (nSPS) is 10.9. The molecule has 23 heavy (non-hydrogen) atoms. The highest BCUT2D eigenvalue weighted by Gasteiger charge is 2.12. The summed E-state index contributed by atoms with van der Waals surface area (Å²) >= 11 is 11.6. The van der Waals surface area contributed by atoms with Crippen LogP contribution in [0.2, 0.25) is 10.0 Å². The number of hydrogen-bond donors (Lipinski definition) is 2. The van der Waals surface area contributed by atoms with Crippen LogP contribution in [-0.4, -0.2) is 44.7 Å². The Balaban J connectivity index is 2.11. The van der Waals surface area contributed by atoms with E-state index in [0.717, 1.165) is 22.1 Å². The first kappa shape index (κ1) is 16.8. The van der Waals surface area contributed by atoms with Crippen molar-refractivity contribution in [3.8, 4) is 5.88 Å². The lowest BCUT2D eigenvalue weighted by Crippen LogP contribution is -2.28. The number of H-pyrrole nitrogens is 1. The summed E-state index contributed by atoms with van der Waals surface area (Å²) in [6.45, 7) is -0.309. The van der Waals surface area contributed by atoms with Crippen LogP contribution < -0.4 is 5.69 Å². The van der Waals surface area contributed by atoms with E-state index in [0.29, 0.717) is 11.4 Å². The van der Waals surface area contributed by atoms with Crippen LogP contribution in [0, 0.1) is 0 Å². The number of hydrogen-bond acceptors (Lipinski definition) is 5. The lowest BCUT2D eigenvalue weighted by molar-refractivity contribution is -0.114. The van der Waals surface area contributed by atoms with Gasteiger partial charge in [0.2, 0.25) is 12.3 Å². The van der Waals surface area contributed by atoms with Crippen molar-refractivity contribution in [2.45, 2.75) is 0 Å². The summed E-state index contributed by atoms with van der Waals surface area (Å²) in [5.74, 6) is -0.775. The molecule has 1 aromatic carbocycles. The number of carbonyl (C=O) groups excluding carboxylic acids is 2. The van der Waals surface area contributed by atoms with Gasteiger partial charge in [-0.3, -0.25) is 19.5 Å². The summed E-state index contributed by atoms with van der Waals surface area (Å²) in [6.07, 6.45) is 2.37. The molecule has 0 bridgehead atoms. The number of ketones is 1. The van der Waals surface area contributed by atoms with Gasteiger partial charge in [0.25, 0.3) is 0 Å². The summed E-state index contributed by atoms with van der Waals surface area (Å²) in [6, 6.07) is 4.34. The zero-order valence-electron chi connectivity index (χ0n) is 11.4. The molecule has 0 fully saturated rings. The Labute approximate surface area is 139 Å². The number of amides is 1. The molecule has 10 heteroatoms. The molecule has 2 N–H and O–H groups in total. The van der Waals surface area contributed by atoms with Crippen LogP contribution in [0.1, 0.15) is 10.4 Å². The Kier molecular flexibility index (Phi) is 5.20. The molecule has 120 valence electrons. The molecule has 0 unspecified atom stereocenters. The van der Waals surface area contributed by atoms with Gasteiger partial charge in [0.1, 0.15) is 6.34 Å². The van der Waals surface area contributed by atoms with Crippen LogP contribution in [-0.2, 0) is 4.79 Å². The smallest absolute Gasteiger partial charge is 0.349 e. The number of nitrogens with one attached hydrogen (secondary N) is 1. The van der Waals surface area contributed by atoms with Crippen LogP contribution in [0.3, 0.4) is 0 Å². The third-order valence-corrected chi connectivity index (χ3v) is 3.45. The minimum atomic E-state index is -0.694. The number of carbonyl (C=O) groups is 2. The molecular weight excluding hydrogens is 347 g/mol. The maximum atomic E-state index is 12.1. The van der Waals surface area contributed by atoms with E-state index in [2.05, 4.69) is 10.1 Å². The quantitative estimate of drug-likeness (QED) is 0.352. The fraction of sp³-hybridized carbons (Fsp3) is 0.0769. The van der Waals surface area contributed by atoms with Crippen molar-refractivity contribution < 1.29 is 14.7 Å². The van der Waals surface area contributed by atoms with Crippen molar-refractivity contribution in [3.05, 3.63) is 50.5 Å². The zero-order chi connectivity index (χ0) is 17.0. The van der Waals surface area contributed by atoms with E-state index in [4.69, 9.17) is 28.3 Å². The minimum Gasteiger partial charge on any atom is -0.493 e. The standard InChI is InChI=1S/C13H10Cl2N4O4/c14-9-2-1-8(3-10(9)15)11(21)4-18(7-20)6-16-19-5-12(22)17-13(19)23/h1-3,5-7,22H,4H2,(H,17,23). The van der Waals surface area contributed by atoms with Crippen LogP contribution in [0.25, 0.3) is 0 Å². The fourth-order valence-corrected chi connectivity index (χ4v) is 1.91. The van der Waals surface area contributed by atoms with E-state index in [1.165, 1.54) is 18.2 Å². The van der Waals surface area contributed by atoms with Gasteiger partial charge in [0, 0.05) is 5.56 Å². The molecular formula is C13H10Cl2N4O4. The molecule has 0 aliphatic heterocycles. The number of benzene rings is 1. The van der Waals surface area contributed by atoms with Gasteiger partial charge >= 0.3 is 5.69 Å². The summed E-state index contributed by atoms with van der Waals surface area (Å²) in [7, 11) is 0. The average molecular weight is 357 g/mol. The predicted octanol–water partition coefficient (Wildman–Crippen LogP) is 1.32. The third-order valence-electron chi connectivity index (χ3n) is 2.72. The molecule has 0 aliphatic rings. The van der Waals surface area contributed by atoms with E-state index in [9.17, 15) is 14.4 Å². The first-order valence-corrected chi connectivity index (χ1v) is 6.90. The Hall–Kier alpha value is -2.58. The first-order valence-electron chi connectivity index (χ1n) is 6.15. The number of halogens is 2. The van der Waals surface area contributed by atoms with Gasteiger partial charge in [-0.2, -0.15) is 9.78 Å². The highest BCUT2D eigenvalue weighted by Crippen LogP contribution is 2.22. The molecule has 8 nitrogen and oxygen atoms in total. The second-order valence-corrected chi connectivity index (χ2v) is 5.16. The number of imidazole rings is 1. The van der Waals surface area contributed by atoms with Gasteiger partial charge in [0.05, 0.1) is 22.8 Å². The molecule has 0 saturated carbocycles. The molecule has 1 heterocycles. The predicted molar refractivity (Wildman–Crippen MR) is 84.2 cm³/mol. The number of nitrogens with zero attached hydrogens (tertiary/aromatic N) is 3. The van der Waals surface area contributed by atoms with Gasteiger partial charge in [-0.15, -0.1) is 0 Å².